The summed E-state index contributed by atoms with van der Waals surface area (Å²) in [6.07, 6.45) is 0. The maximum absolute atomic E-state index is 12.9. The minimum atomic E-state index is -0.0494. The van der Waals surface area contributed by atoms with Gasteiger partial charge in [-0.1, -0.05) is 62.0 Å². The van der Waals surface area contributed by atoms with Crippen LogP contribution in [0.25, 0.3) is 0 Å². The molecule has 0 radical (unpaired) electrons. The van der Waals surface area contributed by atoms with E-state index in [4.69, 9.17) is 4.42 Å². The normalized spacial score (nSPS) is 10.8. The van der Waals surface area contributed by atoms with E-state index in [2.05, 4.69) is 10.2 Å². The first kappa shape index (κ1) is 17.2. The summed E-state index contributed by atoms with van der Waals surface area (Å²) in [5.41, 5.74) is 1.65. The molecular formula is C19H19N3O2S. The summed E-state index contributed by atoms with van der Waals surface area (Å²) < 4.78 is 5.56. The molecule has 5 nitrogen and oxygen atoms in total. The van der Waals surface area contributed by atoms with Gasteiger partial charge in [0.15, 0.2) is 0 Å². The molecule has 6 heteroatoms. The molecule has 3 rings (SSSR count). The molecule has 1 amide bonds. The molecule has 25 heavy (non-hydrogen) atoms. The molecule has 0 N–H and O–H groups in total. The van der Waals surface area contributed by atoms with Crippen molar-refractivity contribution in [3.63, 3.8) is 0 Å². The van der Waals surface area contributed by atoms with Gasteiger partial charge in [-0.2, -0.15) is 0 Å². The van der Waals surface area contributed by atoms with Crippen LogP contribution in [0.15, 0.2) is 70.3 Å². The number of nitrogens with zero attached hydrogens (tertiary/aromatic N) is 3. The fourth-order valence-electron chi connectivity index (χ4n) is 2.29. The van der Waals surface area contributed by atoms with E-state index in [9.17, 15) is 4.79 Å². The number of aromatic nitrogens is 2. The van der Waals surface area contributed by atoms with Crippen LogP contribution in [0, 0.1) is 0 Å². The van der Waals surface area contributed by atoms with E-state index in [1.807, 2.05) is 74.5 Å². The van der Waals surface area contributed by atoms with Crippen molar-refractivity contribution in [3.8, 4) is 0 Å². The highest BCUT2D eigenvalue weighted by atomic mass is 32.2. The van der Waals surface area contributed by atoms with Gasteiger partial charge >= 0.3 is 0 Å². The Balaban J connectivity index is 1.77. The van der Waals surface area contributed by atoms with Crippen LogP contribution in [0.3, 0.4) is 0 Å². The monoisotopic (exact) mass is 353 g/mol. The lowest BCUT2D eigenvalue weighted by Crippen LogP contribution is -2.27. The number of hydrogen-bond acceptors (Lipinski definition) is 5. The molecular weight excluding hydrogens is 334 g/mol. The Morgan fingerprint density at radius 3 is 2.04 bits per heavy atom. The second-order valence-corrected chi connectivity index (χ2v) is 6.68. The van der Waals surface area contributed by atoms with Crippen molar-refractivity contribution in [1.82, 2.24) is 10.2 Å². The lowest BCUT2D eigenvalue weighted by atomic mass is 10.2. The zero-order valence-electron chi connectivity index (χ0n) is 14.1. The summed E-state index contributed by atoms with van der Waals surface area (Å²) in [5.74, 6) is 0.913. The van der Waals surface area contributed by atoms with Gasteiger partial charge in [0.25, 0.3) is 5.22 Å². The largest absolute Gasteiger partial charge is 0.416 e. The minimum absolute atomic E-state index is 0.0494. The maximum atomic E-state index is 12.9. The fraction of sp³-hybridized carbons (Fsp3) is 0.211. The Morgan fingerprint density at radius 1 is 1.00 bits per heavy atom. The highest BCUT2D eigenvalue weighted by molar-refractivity contribution is 7.99. The minimum Gasteiger partial charge on any atom is -0.416 e. The zero-order valence-corrected chi connectivity index (χ0v) is 14.9. The third-order valence-corrected chi connectivity index (χ3v) is 4.32. The van der Waals surface area contributed by atoms with Crippen LogP contribution < -0.4 is 4.90 Å². The second-order valence-electron chi connectivity index (χ2n) is 5.75. The molecule has 0 saturated heterocycles. The summed E-state index contributed by atoms with van der Waals surface area (Å²) in [5, 5.41) is 8.40. The average molecular weight is 353 g/mol. The lowest BCUT2D eigenvalue weighted by Gasteiger charge is -2.22. The standard InChI is InChI=1S/C19H19N3O2S/c1-14(2)18-20-21-19(24-18)25-13-17(23)22(15-9-5-3-6-10-15)16-11-7-4-8-12-16/h3-12,14H,13H2,1-2H3. The van der Waals surface area contributed by atoms with Gasteiger partial charge in [-0.25, -0.2) is 0 Å². The van der Waals surface area contributed by atoms with E-state index in [1.54, 1.807) is 4.90 Å². The average Bonchev–Trinajstić information content (AvgIpc) is 3.11. The molecule has 128 valence electrons. The Bertz CT molecular complexity index is 779. The van der Waals surface area contributed by atoms with Crippen LogP contribution in [-0.4, -0.2) is 21.9 Å². The van der Waals surface area contributed by atoms with Crippen LogP contribution in [0.2, 0.25) is 0 Å². The van der Waals surface area contributed by atoms with Gasteiger partial charge in [0.1, 0.15) is 0 Å². The Labute approximate surface area is 151 Å². The lowest BCUT2D eigenvalue weighted by molar-refractivity contribution is -0.115. The molecule has 1 heterocycles. The first-order valence-electron chi connectivity index (χ1n) is 8.04. The molecule has 3 aromatic rings. The number of para-hydroxylation sites is 2. The van der Waals surface area contributed by atoms with Gasteiger partial charge in [-0.3, -0.25) is 9.69 Å². The van der Waals surface area contributed by atoms with Crippen LogP contribution >= 0.6 is 11.8 Å². The van der Waals surface area contributed by atoms with Gasteiger partial charge in [0, 0.05) is 17.3 Å². The smallest absolute Gasteiger partial charge is 0.277 e. The van der Waals surface area contributed by atoms with Crippen molar-refractivity contribution in [2.24, 2.45) is 0 Å². The van der Waals surface area contributed by atoms with Crippen molar-refractivity contribution < 1.29 is 9.21 Å². The Morgan fingerprint density at radius 2 is 1.56 bits per heavy atom. The number of benzene rings is 2. The molecule has 0 fully saturated rings. The molecule has 0 aliphatic rings. The number of hydrogen-bond donors (Lipinski definition) is 0. The van der Waals surface area contributed by atoms with E-state index < -0.39 is 0 Å². The van der Waals surface area contributed by atoms with E-state index in [0.29, 0.717) is 11.1 Å². The highest BCUT2D eigenvalue weighted by Gasteiger charge is 2.19. The van der Waals surface area contributed by atoms with Crippen LogP contribution in [0.1, 0.15) is 25.7 Å². The van der Waals surface area contributed by atoms with Gasteiger partial charge in [0.05, 0.1) is 5.75 Å². The molecule has 0 unspecified atom stereocenters. The number of anilines is 2. The predicted octanol–water partition coefficient (Wildman–Crippen LogP) is 4.65. The molecule has 1 aromatic heterocycles. The quantitative estimate of drug-likeness (QED) is 0.604. The van der Waals surface area contributed by atoms with Gasteiger partial charge in [-0.05, 0) is 24.3 Å². The number of carbonyl (C=O) groups excluding carboxylic acids is 1. The Hall–Kier alpha value is -2.60. The van der Waals surface area contributed by atoms with E-state index in [0.717, 1.165) is 11.4 Å². The van der Waals surface area contributed by atoms with E-state index in [-0.39, 0.29) is 17.6 Å². The Kier molecular flexibility index (Phi) is 5.50. The molecule has 0 atom stereocenters. The molecule has 2 aromatic carbocycles. The molecule has 0 aliphatic heterocycles. The fourth-order valence-corrected chi connectivity index (χ4v) is 2.91. The topological polar surface area (TPSA) is 59.2 Å². The molecule has 0 spiro atoms. The van der Waals surface area contributed by atoms with Crippen molar-refractivity contribution >= 4 is 29.0 Å². The van der Waals surface area contributed by atoms with Gasteiger partial charge in [-0.15, -0.1) is 10.2 Å². The summed E-state index contributed by atoms with van der Waals surface area (Å²) in [6.45, 7) is 3.97. The third-order valence-electron chi connectivity index (χ3n) is 3.51. The zero-order chi connectivity index (χ0) is 17.6. The van der Waals surface area contributed by atoms with Crippen molar-refractivity contribution in [1.29, 1.82) is 0 Å². The van der Waals surface area contributed by atoms with Crippen molar-refractivity contribution in [2.75, 3.05) is 10.7 Å². The summed E-state index contributed by atoms with van der Waals surface area (Å²) in [7, 11) is 0. The molecule has 0 aliphatic carbocycles. The van der Waals surface area contributed by atoms with Crippen LogP contribution in [0.5, 0.6) is 0 Å². The van der Waals surface area contributed by atoms with Crippen LogP contribution in [-0.2, 0) is 4.79 Å². The van der Waals surface area contributed by atoms with Crippen molar-refractivity contribution in [2.45, 2.75) is 25.0 Å². The van der Waals surface area contributed by atoms with Gasteiger partial charge in [0.2, 0.25) is 11.8 Å². The summed E-state index contributed by atoms with van der Waals surface area (Å²) in [4.78, 5) is 14.6. The molecule has 0 saturated carbocycles. The van der Waals surface area contributed by atoms with E-state index >= 15 is 0 Å². The van der Waals surface area contributed by atoms with Crippen LogP contribution in [0.4, 0.5) is 11.4 Å². The number of carbonyl (C=O) groups is 1. The van der Waals surface area contributed by atoms with E-state index in [1.165, 1.54) is 11.8 Å². The summed E-state index contributed by atoms with van der Waals surface area (Å²) in [6, 6.07) is 19.2. The second kappa shape index (κ2) is 7.98. The highest BCUT2D eigenvalue weighted by Crippen LogP contribution is 2.27. The van der Waals surface area contributed by atoms with Gasteiger partial charge < -0.3 is 4.42 Å². The maximum Gasteiger partial charge on any atom is 0.277 e. The van der Waals surface area contributed by atoms with Crippen molar-refractivity contribution in [3.05, 3.63) is 66.6 Å². The first-order valence-corrected chi connectivity index (χ1v) is 9.03. The summed E-state index contributed by atoms with van der Waals surface area (Å²) >= 11 is 1.25. The number of thioether (sulfide) groups is 1. The molecule has 0 bridgehead atoms. The third kappa shape index (κ3) is 4.28. The number of amides is 1. The SMILES string of the molecule is CC(C)c1nnc(SCC(=O)N(c2ccccc2)c2ccccc2)o1. The predicted molar refractivity (Wildman–Crippen MR) is 99.1 cm³/mol. The number of rotatable bonds is 6. The first-order chi connectivity index (χ1) is 12.1.